The maximum Gasteiger partial charge on any atom is 0.383 e. The lowest BCUT2D eigenvalue weighted by molar-refractivity contribution is -0.171. The Labute approximate surface area is 99.1 Å². The van der Waals surface area contributed by atoms with Crippen molar-refractivity contribution in [3.8, 4) is 0 Å². The summed E-state index contributed by atoms with van der Waals surface area (Å²) in [5.74, 6) is -8.44. The molecular weight excluding hydrogens is 262 g/mol. The summed E-state index contributed by atoms with van der Waals surface area (Å²) in [6.07, 6.45) is -4.16. The van der Waals surface area contributed by atoms with Crippen LogP contribution >= 0.6 is 0 Å². The molecule has 1 rings (SSSR count). The fourth-order valence-corrected chi connectivity index (χ4v) is 1.44. The Hall–Kier alpha value is -1.38. The number of carbonyl (C=O) groups excluding carboxylic acids is 1. The van der Waals surface area contributed by atoms with Crippen LogP contribution in [-0.4, -0.2) is 48.6 Å². The molecule has 0 saturated carbocycles. The van der Waals surface area contributed by atoms with E-state index in [4.69, 9.17) is 9.84 Å². The van der Waals surface area contributed by atoms with Gasteiger partial charge in [0.2, 0.25) is 0 Å². The number of hydrogen-bond acceptors (Lipinski definition) is 3. The van der Waals surface area contributed by atoms with Gasteiger partial charge in [-0.2, -0.15) is 8.78 Å². The molecule has 2 unspecified atom stereocenters. The van der Waals surface area contributed by atoms with Crippen molar-refractivity contribution >= 4 is 11.9 Å². The van der Waals surface area contributed by atoms with Gasteiger partial charge in [-0.25, -0.2) is 8.78 Å². The van der Waals surface area contributed by atoms with Crippen molar-refractivity contribution in [2.75, 3.05) is 13.2 Å². The second-order valence-electron chi connectivity index (χ2n) is 4.19. The van der Waals surface area contributed by atoms with Gasteiger partial charge in [0.1, 0.15) is 5.41 Å². The standard InChI is InChI=1S/C9H11F4NO4/c1-8(7(16)17)3-18-2-4(8)14-6(15)9(12,13)5(10)11/h4-5H,2-3H2,1H3,(H,14,15)(H,16,17). The van der Waals surface area contributed by atoms with E-state index in [9.17, 15) is 27.2 Å². The highest BCUT2D eigenvalue weighted by molar-refractivity contribution is 5.85. The average Bonchev–Trinajstić information content (AvgIpc) is 2.61. The lowest BCUT2D eigenvalue weighted by Gasteiger charge is -2.27. The fourth-order valence-electron chi connectivity index (χ4n) is 1.44. The van der Waals surface area contributed by atoms with Gasteiger partial charge >= 0.3 is 18.3 Å². The average molecular weight is 273 g/mol. The summed E-state index contributed by atoms with van der Waals surface area (Å²) in [6.45, 7) is 0.551. The Balaban J connectivity index is 2.80. The predicted octanol–water partition coefficient (Wildman–Crippen LogP) is 0.493. The highest BCUT2D eigenvalue weighted by Gasteiger charge is 2.53. The summed E-state index contributed by atoms with van der Waals surface area (Å²) in [5.41, 5.74) is -1.62. The van der Waals surface area contributed by atoms with Gasteiger partial charge in [-0.3, -0.25) is 9.59 Å². The van der Waals surface area contributed by atoms with Crippen LogP contribution in [0, 0.1) is 5.41 Å². The Kier molecular flexibility index (Phi) is 3.84. The van der Waals surface area contributed by atoms with Gasteiger partial charge in [0.25, 0.3) is 5.91 Å². The Morgan fingerprint density at radius 1 is 1.50 bits per heavy atom. The molecule has 1 aliphatic rings. The number of carbonyl (C=O) groups is 2. The molecule has 9 heteroatoms. The Morgan fingerprint density at radius 3 is 2.50 bits per heavy atom. The zero-order valence-corrected chi connectivity index (χ0v) is 9.25. The molecular formula is C9H11F4NO4. The molecule has 5 nitrogen and oxygen atoms in total. The van der Waals surface area contributed by atoms with Gasteiger partial charge in [-0.1, -0.05) is 0 Å². The van der Waals surface area contributed by atoms with Crippen molar-refractivity contribution in [3.63, 3.8) is 0 Å². The summed E-state index contributed by atoms with van der Waals surface area (Å²) >= 11 is 0. The fraction of sp³-hybridized carbons (Fsp3) is 0.778. The molecule has 2 N–H and O–H groups in total. The lowest BCUT2D eigenvalue weighted by atomic mass is 9.85. The third-order valence-electron chi connectivity index (χ3n) is 2.83. The summed E-state index contributed by atoms with van der Waals surface area (Å²) in [5, 5.41) is 10.5. The zero-order chi connectivity index (χ0) is 14.1. The van der Waals surface area contributed by atoms with Crippen LogP contribution in [0.3, 0.4) is 0 Å². The van der Waals surface area contributed by atoms with E-state index in [-0.39, 0.29) is 13.2 Å². The molecule has 1 amide bonds. The molecule has 0 spiro atoms. The SMILES string of the molecule is CC1(C(=O)O)COCC1NC(=O)C(F)(F)C(F)F. The first kappa shape index (κ1) is 14.7. The Bertz CT molecular complexity index is 362. The van der Waals surface area contributed by atoms with E-state index in [0.717, 1.165) is 0 Å². The van der Waals surface area contributed by atoms with E-state index < -0.39 is 35.7 Å². The number of amides is 1. The number of halogens is 4. The number of carboxylic acid groups (broad SMARTS) is 1. The van der Waals surface area contributed by atoms with Gasteiger partial charge in [-0.15, -0.1) is 0 Å². The smallest absolute Gasteiger partial charge is 0.383 e. The van der Waals surface area contributed by atoms with E-state index in [0.29, 0.717) is 0 Å². The molecule has 1 aliphatic heterocycles. The van der Waals surface area contributed by atoms with E-state index in [1.807, 2.05) is 0 Å². The monoisotopic (exact) mass is 273 g/mol. The number of carboxylic acids is 1. The minimum absolute atomic E-state index is 0.298. The zero-order valence-electron chi connectivity index (χ0n) is 9.25. The molecule has 104 valence electrons. The van der Waals surface area contributed by atoms with Crippen LogP contribution in [0.5, 0.6) is 0 Å². The topological polar surface area (TPSA) is 75.6 Å². The predicted molar refractivity (Wildman–Crippen MR) is 49.4 cm³/mol. The van der Waals surface area contributed by atoms with Gasteiger partial charge < -0.3 is 15.2 Å². The van der Waals surface area contributed by atoms with Gasteiger partial charge in [-0.05, 0) is 6.92 Å². The number of rotatable bonds is 4. The van der Waals surface area contributed by atoms with E-state index >= 15 is 0 Å². The van der Waals surface area contributed by atoms with Crippen LogP contribution < -0.4 is 5.32 Å². The number of hydrogen-bond donors (Lipinski definition) is 2. The third kappa shape index (κ3) is 2.40. The molecule has 0 bridgehead atoms. The lowest BCUT2D eigenvalue weighted by Crippen LogP contribution is -2.55. The molecule has 0 aromatic rings. The quantitative estimate of drug-likeness (QED) is 0.731. The van der Waals surface area contributed by atoms with Crippen LogP contribution in [-0.2, 0) is 14.3 Å². The van der Waals surface area contributed by atoms with E-state index in [1.54, 1.807) is 5.32 Å². The van der Waals surface area contributed by atoms with Crippen LogP contribution in [0.4, 0.5) is 17.6 Å². The van der Waals surface area contributed by atoms with Crippen molar-refractivity contribution in [2.24, 2.45) is 5.41 Å². The number of nitrogens with one attached hydrogen (secondary N) is 1. The molecule has 0 radical (unpaired) electrons. The van der Waals surface area contributed by atoms with Crippen molar-refractivity contribution in [1.29, 1.82) is 0 Å². The molecule has 1 saturated heterocycles. The highest BCUT2D eigenvalue weighted by atomic mass is 19.3. The van der Waals surface area contributed by atoms with Crippen molar-refractivity contribution in [3.05, 3.63) is 0 Å². The third-order valence-corrected chi connectivity index (χ3v) is 2.83. The normalized spacial score (nSPS) is 28.4. The summed E-state index contributed by atoms with van der Waals surface area (Å²) < 4.78 is 54.0. The summed E-state index contributed by atoms with van der Waals surface area (Å²) in [6, 6.07) is -1.29. The molecule has 0 aliphatic carbocycles. The molecule has 0 aromatic heterocycles. The van der Waals surface area contributed by atoms with Crippen LogP contribution in [0.15, 0.2) is 0 Å². The van der Waals surface area contributed by atoms with Crippen LogP contribution in [0.2, 0.25) is 0 Å². The van der Waals surface area contributed by atoms with Crippen molar-refractivity contribution in [1.82, 2.24) is 5.32 Å². The summed E-state index contributed by atoms with van der Waals surface area (Å²) in [4.78, 5) is 21.9. The number of ether oxygens (including phenoxy) is 1. The van der Waals surface area contributed by atoms with Gasteiger partial charge in [0, 0.05) is 0 Å². The summed E-state index contributed by atoms with van der Waals surface area (Å²) in [7, 11) is 0. The maximum absolute atomic E-state index is 12.7. The Morgan fingerprint density at radius 2 is 2.06 bits per heavy atom. The number of aliphatic carboxylic acids is 1. The van der Waals surface area contributed by atoms with Crippen molar-refractivity contribution in [2.45, 2.75) is 25.3 Å². The van der Waals surface area contributed by atoms with E-state index in [2.05, 4.69) is 0 Å². The second-order valence-corrected chi connectivity index (χ2v) is 4.19. The second kappa shape index (κ2) is 4.71. The largest absolute Gasteiger partial charge is 0.481 e. The maximum atomic E-state index is 12.7. The first-order valence-corrected chi connectivity index (χ1v) is 4.90. The minimum atomic E-state index is -4.86. The highest BCUT2D eigenvalue weighted by Crippen LogP contribution is 2.30. The molecule has 18 heavy (non-hydrogen) atoms. The first-order valence-electron chi connectivity index (χ1n) is 4.90. The van der Waals surface area contributed by atoms with Gasteiger partial charge in [0.05, 0.1) is 19.3 Å². The van der Waals surface area contributed by atoms with Crippen LogP contribution in [0.25, 0.3) is 0 Å². The minimum Gasteiger partial charge on any atom is -0.481 e. The van der Waals surface area contributed by atoms with E-state index in [1.165, 1.54) is 6.92 Å². The molecule has 2 atom stereocenters. The molecule has 0 aromatic carbocycles. The van der Waals surface area contributed by atoms with Crippen molar-refractivity contribution < 1.29 is 37.0 Å². The first-order chi connectivity index (χ1) is 8.12. The molecule has 1 fully saturated rings. The molecule has 1 heterocycles. The van der Waals surface area contributed by atoms with Gasteiger partial charge in [0.15, 0.2) is 0 Å². The van der Waals surface area contributed by atoms with Crippen LogP contribution in [0.1, 0.15) is 6.92 Å². The number of alkyl halides is 4.